The minimum Gasteiger partial charge on any atom is -0.377 e. The van der Waals surface area contributed by atoms with Crippen LogP contribution in [0.3, 0.4) is 0 Å². The first-order chi connectivity index (χ1) is 15.1. The molecule has 0 aromatic heterocycles. The summed E-state index contributed by atoms with van der Waals surface area (Å²) in [5.41, 5.74) is 6.32. The average molecular weight is 409 g/mol. The summed E-state index contributed by atoms with van der Waals surface area (Å²) >= 11 is 0. The first-order valence-electron chi connectivity index (χ1n) is 11.1. The van der Waals surface area contributed by atoms with Crippen LogP contribution in [0, 0.1) is 5.92 Å². The van der Waals surface area contributed by atoms with Gasteiger partial charge in [0.15, 0.2) is 0 Å². The standard InChI is InChI=1S/C28H28N2O/c1-18(2)19-14-16-20(17-15-19)26-23-11-6-10-22(23)24-12-7-13-25(27(24)30-26)28(31)29-21-8-4-3-5-9-21/h3-10,12-18,22-23,26,30H,11H2,1-2H3,(H,29,31). The van der Waals surface area contributed by atoms with Crippen LogP contribution in [0.25, 0.3) is 0 Å². The first kappa shape index (κ1) is 19.6. The zero-order valence-electron chi connectivity index (χ0n) is 18.0. The van der Waals surface area contributed by atoms with Crippen molar-refractivity contribution < 1.29 is 4.79 Å². The quantitative estimate of drug-likeness (QED) is 0.462. The molecule has 5 rings (SSSR count). The second-order valence-corrected chi connectivity index (χ2v) is 8.89. The van der Waals surface area contributed by atoms with Crippen LogP contribution in [0.4, 0.5) is 11.4 Å². The third-order valence-electron chi connectivity index (χ3n) is 6.64. The van der Waals surface area contributed by atoms with Crippen molar-refractivity contribution in [3.8, 4) is 0 Å². The summed E-state index contributed by atoms with van der Waals surface area (Å²) in [5.74, 6) is 1.23. The summed E-state index contributed by atoms with van der Waals surface area (Å²) in [6.45, 7) is 4.44. The molecule has 156 valence electrons. The molecule has 2 N–H and O–H groups in total. The zero-order valence-corrected chi connectivity index (χ0v) is 18.0. The van der Waals surface area contributed by atoms with E-state index in [4.69, 9.17) is 0 Å². The van der Waals surface area contributed by atoms with Gasteiger partial charge in [-0.05, 0) is 53.1 Å². The molecular weight excluding hydrogens is 380 g/mol. The zero-order chi connectivity index (χ0) is 21.4. The Kier molecular flexibility index (Phi) is 5.11. The molecular formula is C28H28N2O. The maximum atomic E-state index is 13.2. The molecule has 3 atom stereocenters. The fourth-order valence-electron chi connectivity index (χ4n) is 4.95. The van der Waals surface area contributed by atoms with E-state index in [-0.39, 0.29) is 11.9 Å². The number of rotatable bonds is 4. The number of carbonyl (C=O) groups is 1. The molecule has 1 heterocycles. The van der Waals surface area contributed by atoms with E-state index in [2.05, 4.69) is 67.0 Å². The Morgan fingerprint density at radius 3 is 2.48 bits per heavy atom. The number of benzene rings is 3. The van der Waals surface area contributed by atoms with Crippen molar-refractivity contribution in [2.45, 2.75) is 38.1 Å². The van der Waals surface area contributed by atoms with Crippen LogP contribution in [-0.4, -0.2) is 5.91 Å². The molecule has 0 fully saturated rings. The summed E-state index contributed by atoms with van der Waals surface area (Å²) in [7, 11) is 0. The van der Waals surface area contributed by atoms with Crippen molar-refractivity contribution in [3.63, 3.8) is 0 Å². The topological polar surface area (TPSA) is 41.1 Å². The normalized spacial score (nSPS) is 21.3. The Hall–Kier alpha value is -3.33. The van der Waals surface area contributed by atoms with Crippen molar-refractivity contribution in [2.75, 3.05) is 10.6 Å². The van der Waals surface area contributed by atoms with Crippen LogP contribution < -0.4 is 10.6 Å². The average Bonchev–Trinajstić information content (AvgIpc) is 3.29. The molecule has 1 aliphatic heterocycles. The van der Waals surface area contributed by atoms with Gasteiger partial charge in [0.2, 0.25) is 0 Å². The maximum Gasteiger partial charge on any atom is 0.257 e. The summed E-state index contributed by atoms with van der Waals surface area (Å²) in [6.07, 6.45) is 5.66. The molecule has 0 bridgehead atoms. The SMILES string of the molecule is CC(C)c1ccc(C2Nc3c(C(=O)Nc4ccccc4)cccc3C3C=CCC32)cc1. The summed E-state index contributed by atoms with van der Waals surface area (Å²) < 4.78 is 0. The number of hydrogen-bond donors (Lipinski definition) is 2. The van der Waals surface area contributed by atoms with Crippen molar-refractivity contribution in [2.24, 2.45) is 5.92 Å². The van der Waals surface area contributed by atoms with E-state index in [9.17, 15) is 4.79 Å². The molecule has 3 unspecified atom stereocenters. The number of hydrogen-bond acceptors (Lipinski definition) is 2. The molecule has 0 radical (unpaired) electrons. The van der Waals surface area contributed by atoms with Crippen LogP contribution in [0.2, 0.25) is 0 Å². The highest BCUT2D eigenvalue weighted by molar-refractivity contribution is 6.08. The lowest BCUT2D eigenvalue weighted by molar-refractivity contribution is 0.102. The van der Waals surface area contributed by atoms with E-state index in [1.165, 1.54) is 16.7 Å². The van der Waals surface area contributed by atoms with E-state index in [1.807, 2.05) is 42.5 Å². The van der Waals surface area contributed by atoms with Crippen molar-refractivity contribution in [1.29, 1.82) is 0 Å². The Labute approximate surface area is 184 Å². The number of amides is 1. The Morgan fingerprint density at radius 1 is 0.968 bits per heavy atom. The van der Waals surface area contributed by atoms with Gasteiger partial charge < -0.3 is 10.6 Å². The van der Waals surface area contributed by atoms with Crippen LogP contribution in [-0.2, 0) is 0 Å². The molecule has 1 amide bonds. The molecule has 0 saturated heterocycles. The molecule has 31 heavy (non-hydrogen) atoms. The Morgan fingerprint density at radius 2 is 1.74 bits per heavy atom. The minimum absolute atomic E-state index is 0.0788. The second-order valence-electron chi connectivity index (χ2n) is 8.89. The summed E-state index contributed by atoms with van der Waals surface area (Å²) in [4.78, 5) is 13.2. The van der Waals surface area contributed by atoms with E-state index in [0.717, 1.165) is 17.8 Å². The molecule has 2 aliphatic rings. The molecule has 3 heteroatoms. The lowest BCUT2D eigenvalue weighted by atomic mass is 9.76. The smallest absolute Gasteiger partial charge is 0.257 e. The molecule has 1 aliphatic carbocycles. The Balaban J connectivity index is 1.51. The van der Waals surface area contributed by atoms with E-state index in [0.29, 0.717) is 23.3 Å². The number of fused-ring (bicyclic) bond motifs is 3. The van der Waals surface area contributed by atoms with Crippen LogP contribution in [0.5, 0.6) is 0 Å². The Bertz CT molecular complexity index is 1120. The number of nitrogens with one attached hydrogen (secondary N) is 2. The van der Waals surface area contributed by atoms with Gasteiger partial charge in [-0.2, -0.15) is 0 Å². The number of carbonyl (C=O) groups excluding carboxylic acids is 1. The summed E-state index contributed by atoms with van der Waals surface area (Å²) in [6, 6.07) is 24.9. The maximum absolute atomic E-state index is 13.2. The first-order valence-corrected chi connectivity index (χ1v) is 11.1. The third-order valence-corrected chi connectivity index (χ3v) is 6.64. The third kappa shape index (κ3) is 3.65. The number of allylic oxidation sites excluding steroid dienone is 2. The van der Waals surface area contributed by atoms with Crippen LogP contribution in [0.15, 0.2) is 84.9 Å². The van der Waals surface area contributed by atoms with Gasteiger partial charge in [0.05, 0.1) is 17.3 Å². The monoisotopic (exact) mass is 408 g/mol. The summed E-state index contributed by atoms with van der Waals surface area (Å²) in [5, 5.41) is 6.81. The van der Waals surface area contributed by atoms with Gasteiger partial charge in [-0.15, -0.1) is 0 Å². The highest BCUT2D eigenvalue weighted by Gasteiger charge is 2.39. The van der Waals surface area contributed by atoms with Crippen molar-refractivity contribution >= 4 is 17.3 Å². The molecule has 3 aromatic rings. The lowest BCUT2D eigenvalue weighted by Crippen LogP contribution is -2.31. The van der Waals surface area contributed by atoms with Crippen LogP contribution in [0.1, 0.15) is 65.2 Å². The van der Waals surface area contributed by atoms with Crippen molar-refractivity contribution in [3.05, 3.63) is 107 Å². The molecule has 3 nitrogen and oxygen atoms in total. The number of para-hydroxylation sites is 2. The fraction of sp³-hybridized carbons (Fsp3) is 0.250. The molecule has 0 saturated carbocycles. The lowest BCUT2D eigenvalue weighted by Gasteiger charge is -2.38. The van der Waals surface area contributed by atoms with Crippen LogP contribution >= 0.6 is 0 Å². The van der Waals surface area contributed by atoms with Gasteiger partial charge in [-0.25, -0.2) is 0 Å². The predicted molar refractivity (Wildman–Crippen MR) is 128 cm³/mol. The van der Waals surface area contributed by atoms with Crippen molar-refractivity contribution in [1.82, 2.24) is 0 Å². The van der Waals surface area contributed by atoms with Gasteiger partial charge in [0.25, 0.3) is 5.91 Å². The second kappa shape index (κ2) is 8.07. The van der Waals surface area contributed by atoms with Gasteiger partial charge in [-0.3, -0.25) is 4.79 Å². The largest absolute Gasteiger partial charge is 0.377 e. The molecule has 3 aromatic carbocycles. The minimum atomic E-state index is -0.0788. The van der Waals surface area contributed by atoms with Gasteiger partial charge >= 0.3 is 0 Å². The van der Waals surface area contributed by atoms with E-state index in [1.54, 1.807) is 0 Å². The van der Waals surface area contributed by atoms with Gasteiger partial charge in [0, 0.05) is 11.6 Å². The van der Waals surface area contributed by atoms with Gasteiger partial charge in [0.1, 0.15) is 0 Å². The fourth-order valence-corrected chi connectivity index (χ4v) is 4.95. The predicted octanol–water partition coefficient (Wildman–Crippen LogP) is 6.89. The highest BCUT2D eigenvalue weighted by atomic mass is 16.1. The highest BCUT2D eigenvalue weighted by Crippen LogP contribution is 2.50. The van der Waals surface area contributed by atoms with E-state index >= 15 is 0 Å². The number of anilines is 2. The van der Waals surface area contributed by atoms with E-state index < -0.39 is 0 Å². The molecule has 0 spiro atoms. The van der Waals surface area contributed by atoms with Gasteiger partial charge in [-0.1, -0.05) is 80.6 Å².